The Morgan fingerprint density at radius 2 is 1.70 bits per heavy atom. The maximum atomic E-state index is 12.5. The summed E-state index contributed by atoms with van der Waals surface area (Å²) in [5.41, 5.74) is 2.76. The molecule has 0 saturated heterocycles. The molecule has 1 heterocycles. The predicted molar refractivity (Wildman–Crippen MR) is 144 cm³/mol. The molecule has 0 bridgehead atoms. The molecule has 0 N–H and O–H groups in total. The Labute approximate surface area is 213 Å². The largest absolute Gasteiger partial charge is 0.493 e. The van der Waals surface area contributed by atoms with Crippen molar-refractivity contribution in [2.24, 2.45) is 0 Å². The minimum atomic E-state index is -0.594. The monoisotopic (exact) mass is 492 g/mol. The van der Waals surface area contributed by atoms with Crippen LogP contribution in [0.15, 0.2) is 94.1 Å². The zero-order valence-electron chi connectivity index (χ0n) is 20.4. The number of hydrogen-bond donors (Lipinski definition) is 0. The number of hydrogen-bond acceptors (Lipinski definition) is 6. The molecule has 0 spiro atoms. The van der Waals surface area contributed by atoms with Gasteiger partial charge in [-0.25, -0.2) is 9.59 Å². The lowest BCUT2D eigenvalue weighted by molar-refractivity contribution is -0.136. The normalized spacial score (nSPS) is 11.2. The number of ether oxygens (including phenoxy) is 3. The van der Waals surface area contributed by atoms with Crippen molar-refractivity contribution in [2.75, 3.05) is 13.7 Å². The summed E-state index contributed by atoms with van der Waals surface area (Å²) in [6.45, 7) is 1.50. The molecule has 0 atom stereocenters. The van der Waals surface area contributed by atoms with Crippen molar-refractivity contribution in [1.29, 1.82) is 0 Å². The molecule has 0 aliphatic heterocycles. The fourth-order valence-corrected chi connectivity index (χ4v) is 4.14. The molecule has 0 unspecified atom stereocenters. The Morgan fingerprint density at radius 1 is 0.865 bits per heavy atom. The summed E-state index contributed by atoms with van der Waals surface area (Å²) in [6, 6.07) is 26.2. The average molecular weight is 493 g/mol. The standard InChI is InChI=1S/C31H24O6/c1-20-16-30(32)37-28-18-24(13-14-25(20)28)35-19-31(33)36-27-15-11-21(17-29(27)34-2)10-12-23-8-5-7-22-6-3-4-9-26(22)23/h3-18H,19H2,1-2H3. The van der Waals surface area contributed by atoms with Gasteiger partial charge in [0.25, 0.3) is 0 Å². The van der Waals surface area contributed by atoms with E-state index in [-0.39, 0.29) is 6.61 Å². The van der Waals surface area contributed by atoms with Crippen LogP contribution in [0.2, 0.25) is 0 Å². The second-order valence-corrected chi connectivity index (χ2v) is 8.48. The van der Waals surface area contributed by atoms with E-state index in [1.54, 1.807) is 30.3 Å². The average Bonchev–Trinajstić information content (AvgIpc) is 2.91. The predicted octanol–water partition coefficient (Wildman–Crippen LogP) is 6.42. The van der Waals surface area contributed by atoms with Crippen molar-refractivity contribution < 1.29 is 23.4 Å². The number of esters is 1. The number of aryl methyl sites for hydroxylation is 1. The van der Waals surface area contributed by atoms with Gasteiger partial charge in [0.1, 0.15) is 11.3 Å². The summed E-state index contributed by atoms with van der Waals surface area (Å²) in [7, 11) is 1.52. The van der Waals surface area contributed by atoms with Crippen LogP contribution in [0, 0.1) is 6.92 Å². The van der Waals surface area contributed by atoms with E-state index in [0.717, 1.165) is 22.1 Å². The van der Waals surface area contributed by atoms with Gasteiger partial charge in [-0.3, -0.25) is 0 Å². The zero-order valence-corrected chi connectivity index (χ0v) is 20.4. The molecule has 0 aliphatic rings. The number of rotatable bonds is 7. The van der Waals surface area contributed by atoms with Crippen LogP contribution in [-0.4, -0.2) is 19.7 Å². The molecule has 4 aromatic carbocycles. The van der Waals surface area contributed by atoms with Crippen molar-refractivity contribution >= 4 is 39.9 Å². The SMILES string of the molecule is COc1cc(C=Cc2cccc3ccccc23)ccc1OC(=O)COc1ccc2c(C)cc(=O)oc2c1. The molecule has 0 aliphatic carbocycles. The molecule has 6 heteroatoms. The van der Waals surface area contributed by atoms with Crippen LogP contribution in [0.4, 0.5) is 0 Å². The van der Waals surface area contributed by atoms with Crippen LogP contribution in [-0.2, 0) is 4.79 Å². The van der Waals surface area contributed by atoms with Crippen LogP contribution in [0.25, 0.3) is 33.9 Å². The highest BCUT2D eigenvalue weighted by Gasteiger charge is 2.12. The first-order valence-electron chi connectivity index (χ1n) is 11.7. The van der Waals surface area contributed by atoms with Gasteiger partial charge >= 0.3 is 11.6 Å². The van der Waals surface area contributed by atoms with Gasteiger partial charge in [0.05, 0.1) is 7.11 Å². The lowest BCUT2D eigenvalue weighted by atomic mass is 10.0. The van der Waals surface area contributed by atoms with Gasteiger partial charge in [-0.2, -0.15) is 0 Å². The van der Waals surface area contributed by atoms with E-state index in [1.807, 2.05) is 43.3 Å². The van der Waals surface area contributed by atoms with Crippen molar-refractivity contribution in [3.63, 3.8) is 0 Å². The lowest BCUT2D eigenvalue weighted by Gasteiger charge is -2.11. The molecule has 184 valence electrons. The first-order valence-corrected chi connectivity index (χ1v) is 11.7. The summed E-state index contributed by atoms with van der Waals surface area (Å²) in [6.07, 6.45) is 4.03. The summed E-state index contributed by atoms with van der Waals surface area (Å²) in [5, 5.41) is 3.14. The number of carbonyl (C=O) groups is 1. The van der Waals surface area contributed by atoms with E-state index in [0.29, 0.717) is 22.8 Å². The number of methoxy groups -OCH3 is 1. The lowest BCUT2D eigenvalue weighted by Crippen LogP contribution is -2.18. The fourth-order valence-electron chi connectivity index (χ4n) is 4.14. The third-order valence-electron chi connectivity index (χ3n) is 5.97. The van der Waals surface area contributed by atoms with E-state index in [9.17, 15) is 9.59 Å². The van der Waals surface area contributed by atoms with E-state index in [4.69, 9.17) is 18.6 Å². The number of fused-ring (bicyclic) bond motifs is 2. The Bertz CT molecular complexity index is 1690. The molecule has 5 rings (SSSR count). The Balaban J connectivity index is 1.26. The van der Waals surface area contributed by atoms with Crippen molar-refractivity contribution in [2.45, 2.75) is 6.92 Å². The summed E-state index contributed by atoms with van der Waals surface area (Å²) in [4.78, 5) is 24.1. The zero-order chi connectivity index (χ0) is 25.8. The quantitative estimate of drug-likeness (QED) is 0.113. The molecule has 0 saturated carbocycles. The van der Waals surface area contributed by atoms with Gasteiger partial charge in [0.15, 0.2) is 18.1 Å². The third kappa shape index (κ3) is 5.38. The maximum absolute atomic E-state index is 12.5. The highest BCUT2D eigenvalue weighted by molar-refractivity contribution is 5.93. The van der Waals surface area contributed by atoms with Gasteiger partial charge in [-0.15, -0.1) is 0 Å². The second kappa shape index (κ2) is 10.4. The fraction of sp³-hybridized carbons (Fsp3) is 0.0968. The minimum absolute atomic E-state index is 0.290. The van der Waals surface area contributed by atoms with Crippen molar-refractivity contribution in [1.82, 2.24) is 0 Å². The van der Waals surface area contributed by atoms with Crippen molar-refractivity contribution in [3.8, 4) is 17.2 Å². The molecule has 0 fully saturated rings. The van der Waals surface area contributed by atoms with E-state index >= 15 is 0 Å². The van der Waals surface area contributed by atoms with Crippen LogP contribution in [0.3, 0.4) is 0 Å². The van der Waals surface area contributed by atoms with Gasteiger partial charge < -0.3 is 18.6 Å². The molecule has 0 radical (unpaired) electrons. The molecule has 0 amide bonds. The van der Waals surface area contributed by atoms with Gasteiger partial charge in [-0.1, -0.05) is 60.7 Å². The van der Waals surface area contributed by atoms with Gasteiger partial charge in [0.2, 0.25) is 0 Å². The van der Waals surface area contributed by atoms with Crippen LogP contribution < -0.4 is 19.8 Å². The Hall–Kier alpha value is -4.84. The number of carbonyl (C=O) groups excluding carboxylic acids is 1. The van der Waals surface area contributed by atoms with E-state index < -0.39 is 11.6 Å². The van der Waals surface area contributed by atoms with Gasteiger partial charge in [0, 0.05) is 17.5 Å². The summed E-state index contributed by atoms with van der Waals surface area (Å²) < 4.78 is 21.7. The maximum Gasteiger partial charge on any atom is 0.349 e. The summed E-state index contributed by atoms with van der Waals surface area (Å²) >= 11 is 0. The molecular formula is C31H24O6. The Kier molecular flexibility index (Phi) is 6.72. The minimum Gasteiger partial charge on any atom is -0.493 e. The summed E-state index contributed by atoms with van der Waals surface area (Å²) in [5.74, 6) is 0.511. The Morgan fingerprint density at radius 3 is 2.57 bits per heavy atom. The highest BCUT2D eigenvalue weighted by atomic mass is 16.6. The van der Waals surface area contributed by atoms with Crippen LogP contribution in [0.1, 0.15) is 16.7 Å². The molecule has 37 heavy (non-hydrogen) atoms. The first kappa shape index (κ1) is 23.9. The van der Waals surface area contributed by atoms with Gasteiger partial charge in [-0.05, 0) is 58.7 Å². The first-order chi connectivity index (χ1) is 18.0. The third-order valence-corrected chi connectivity index (χ3v) is 5.97. The van der Waals surface area contributed by atoms with Crippen LogP contribution in [0.5, 0.6) is 17.2 Å². The molecule has 6 nitrogen and oxygen atoms in total. The van der Waals surface area contributed by atoms with E-state index in [1.165, 1.54) is 23.9 Å². The van der Waals surface area contributed by atoms with E-state index in [2.05, 4.69) is 24.3 Å². The molecular weight excluding hydrogens is 468 g/mol. The smallest absolute Gasteiger partial charge is 0.349 e. The molecule has 1 aromatic heterocycles. The van der Waals surface area contributed by atoms with Crippen molar-refractivity contribution in [3.05, 3.63) is 112 Å². The topological polar surface area (TPSA) is 75.0 Å². The van der Waals surface area contributed by atoms with Crippen LogP contribution >= 0.6 is 0 Å². The molecule has 5 aromatic rings. The number of benzene rings is 4. The second-order valence-electron chi connectivity index (χ2n) is 8.48. The highest BCUT2D eigenvalue weighted by Crippen LogP contribution is 2.30.